The van der Waals surface area contributed by atoms with Crippen LogP contribution in [0.5, 0.6) is 0 Å². The molecular formula is C10H20N2O2. The minimum atomic E-state index is -0.345. The van der Waals surface area contributed by atoms with Crippen molar-refractivity contribution in [3.8, 4) is 0 Å². The molecule has 1 fully saturated rings. The predicted molar refractivity (Wildman–Crippen MR) is 55.0 cm³/mol. The van der Waals surface area contributed by atoms with Gasteiger partial charge in [0.15, 0.2) is 0 Å². The van der Waals surface area contributed by atoms with Crippen LogP contribution >= 0.6 is 0 Å². The molecule has 0 radical (unpaired) electrons. The Balaban J connectivity index is 2.31. The number of nitrogens with two attached hydrogens (primary N) is 1. The lowest BCUT2D eigenvalue weighted by atomic mass is 9.91. The van der Waals surface area contributed by atoms with Gasteiger partial charge in [-0.2, -0.15) is 0 Å². The highest BCUT2D eigenvalue weighted by molar-refractivity contribution is 5.67. The Bertz CT molecular complexity index is 195. The zero-order valence-corrected chi connectivity index (χ0v) is 8.95. The van der Waals surface area contributed by atoms with Crippen molar-refractivity contribution >= 4 is 6.09 Å². The quantitative estimate of drug-likeness (QED) is 0.708. The molecule has 0 saturated heterocycles. The number of carbonyl (C=O) groups excluding carboxylic acids is 1. The fourth-order valence-corrected chi connectivity index (χ4v) is 1.74. The normalized spacial score (nSPS) is 27.4. The Morgan fingerprint density at radius 3 is 2.64 bits per heavy atom. The summed E-state index contributed by atoms with van der Waals surface area (Å²) >= 11 is 0. The second kappa shape index (κ2) is 5.20. The zero-order valence-electron chi connectivity index (χ0n) is 8.95. The van der Waals surface area contributed by atoms with Gasteiger partial charge in [0.05, 0.1) is 6.10 Å². The molecule has 2 atom stereocenters. The highest BCUT2D eigenvalue weighted by Crippen LogP contribution is 2.16. The first-order valence-electron chi connectivity index (χ1n) is 5.32. The van der Waals surface area contributed by atoms with Crippen LogP contribution in [0, 0.1) is 0 Å². The van der Waals surface area contributed by atoms with Crippen molar-refractivity contribution in [2.24, 2.45) is 5.73 Å². The van der Waals surface area contributed by atoms with Crippen molar-refractivity contribution in [3.63, 3.8) is 0 Å². The zero-order chi connectivity index (χ0) is 10.6. The van der Waals surface area contributed by atoms with E-state index in [1.54, 1.807) is 0 Å². The summed E-state index contributed by atoms with van der Waals surface area (Å²) in [5.41, 5.74) is 5.89. The van der Waals surface area contributed by atoms with E-state index in [0.717, 1.165) is 19.3 Å². The van der Waals surface area contributed by atoms with Crippen LogP contribution in [-0.4, -0.2) is 24.3 Å². The van der Waals surface area contributed by atoms with Gasteiger partial charge in [0.25, 0.3) is 0 Å². The lowest BCUT2D eigenvalue weighted by molar-refractivity contribution is 0.108. The van der Waals surface area contributed by atoms with Gasteiger partial charge >= 0.3 is 6.09 Å². The maximum absolute atomic E-state index is 11.3. The summed E-state index contributed by atoms with van der Waals surface area (Å²) < 4.78 is 5.00. The van der Waals surface area contributed by atoms with Gasteiger partial charge in [-0.05, 0) is 26.7 Å². The van der Waals surface area contributed by atoms with Crippen LogP contribution in [0.3, 0.4) is 0 Å². The summed E-state index contributed by atoms with van der Waals surface area (Å²) in [4.78, 5) is 11.3. The Morgan fingerprint density at radius 2 is 2.07 bits per heavy atom. The first-order chi connectivity index (χ1) is 6.59. The third-order valence-corrected chi connectivity index (χ3v) is 2.47. The van der Waals surface area contributed by atoms with Crippen LogP contribution in [0.25, 0.3) is 0 Å². The maximum atomic E-state index is 11.3. The van der Waals surface area contributed by atoms with Crippen LogP contribution in [0.15, 0.2) is 0 Å². The molecule has 1 rings (SSSR count). The summed E-state index contributed by atoms with van der Waals surface area (Å²) in [5.74, 6) is 0. The third-order valence-electron chi connectivity index (χ3n) is 2.47. The third kappa shape index (κ3) is 3.54. The maximum Gasteiger partial charge on any atom is 0.407 e. The van der Waals surface area contributed by atoms with Gasteiger partial charge in [0.2, 0.25) is 0 Å². The molecule has 1 saturated carbocycles. The molecule has 0 aromatic heterocycles. The van der Waals surface area contributed by atoms with E-state index in [1.807, 2.05) is 13.8 Å². The molecule has 4 nitrogen and oxygen atoms in total. The average molecular weight is 200 g/mol. The molecule has 0 unspecified atom stereocenters. The van der Waals surface area contributed by atoms with Gasteiger partial charge in [-0.25, -0.2) is 4.79 Å². The number of hydrogen-bond donors (Lipinski definition) is 2. The minimum Gasteiger partial charge on any atom is -0.447 e. The number of hydrogen-bond acceptors (Lipinski definition) is 3. The lowest BCUT2D eigenvalue weighted by Gasteiger charge is -2.29. The second-order valence-corrected chi connectivity index (χ2v) is 4.15. The molecule has 1 aliphatic carbocycles. The van der Waals surface area contributed by atoms with Crippen molar-refractivity contribution in [2.75, 3.05) is 0 Å². The van der Waals surface area contributed by atoms with Crippen molar-refractivity contribution in [2.45, 2.75) is 57.7 Å². The topological polar surface area (TPSA) is 64.3 Å². The molecule has 0 aromatic carbocycles. The fourth-order valence-electron chi connectivity index (χ4n) is 1.74. The Hall–Kier alpha value is -0.770. The van der Waals surface area contributed by atoms with Gasteiger partial charge in [-0.3, -0.25) is 0 Å². The van der Waals surface area contributed by atoms with Crippen molar-refractivity contribution in [3.05, 3.63) is 0 Å². The van der Waals surface area contributed by atoms with Crippen LogP contribution in [0.4, 0.5) is 4.79 Å². The SMILES string of the molecule is CC(C)OC(=O)N[C@@H]1CCCC[C@H]1N. The molecular weight excluding hydrogens is 180 g/mol. The molecule has 0 aromatic rings. The average Bonchev–Trinajstić information content (AvgIpc) is 2.07. The number of ether oxygens (including phenoxy) is 1. The van der Waals surface area contributed by atoms with E-state index in [9.17, 15) is 4.79 Å². The first-order valence-corrected chi connectivity index (χ1v) is 5.32. The second-order valence-electron chi connectivity index (χ2n) is 4.15. The summed E-state index contributed by atoms with van der Waals surface area (Å²) in [5, 5.41) is 2.81. The predicted octanol–water partition coefficient (Wildman–Crippen LogP) is 1.39. The van der Waals surface area contributed by atoms with Gasteiger partial charge in [-0.1, -0.05) is 12.8 Å². The monoisotopic (exact) mass is 200 g/mol. The van der Waals surface area contributed by atoms with Gasteiger partial charge in [0, 0.05) is 12.1 Å². The number of rotatable bonds is 2. The molecule has 0 aliphatic heterocycles. The van der Waals surface area contributed by atoms with Crippen molar-refractivity contribution in [1.29, 1.82) is 0 Å². The van der Waals surface area contributed by atoms with E-state index in [2.05, 4.69) is 5.32 Å². The molecule has 0 bridgehead atoms. The van der Waals surface area contributed by atoms with E-state index >= 15 is 0 Å². The van der Waals surface area contributed by atoms with Crippen LogP contribution in [-0.2, 0) is 4.74 Å². The molecule has 1 aliphatic rings. The van der Waals surface area contributed by atoms with Gasteiger partial charge < -0.3 is 15.8 Å². The van der Waals surface area contributed by atoms with E-state index in [4.69, 9.17) is 10.5 Å². The number of alkyl carbamates (subject to hydrolysis) is 1. The first kappa shape index (κ1) is 11.3. The highest BCUT2D eigenvalue weighted by atomic mass is 16.6. The lowest BCUT2D eigenvalue weighted by Crippen LogP contribution is -2.49. The van der Waals surface area contributed by atoms with Gasteiger partial charge in [0.1, 0.15) is 0 Å². The summed E-state index contributed by atoms with van der Waals surface area (Å²) in [6.07, 6.45) is 3.84. The fraction of sp³-hybridized carbons (Fsp3) is 0.900. The van der Waals surface area contributed by atoms with E-state index in [1.165, 1.54) is 6.42 Å². The Morgan fingerprint density at radius 1 is 1.43 bits per heavy atom. The molecule has 0 spiro atoms. The molecule has 1 amide bonds. The van der Waals surface area contributed by atoms with Crippen LogP contribution < -0.4 is 11.1 Å². The van der Waals surface area contributed by atoms with Crippen molar-refractivity contribution < 1.29 is 9.53 Å². The van der Waals surface area contributed by atoms with E-state index < -0.39 is 0 Å². The largest absolute Gasteiger partial charge is 0.447 e. The number of carbonyl (C=O) groups is 1. The smallest absolute Gasteiger partial charge is 0.407 e. The van der Waals surface area contributed by atoms with Gasteiger partial charge in [-0.15, -0.1) is 0 Å². The Labute approximate surface area is 85.2 Å². The molecule has 4 heteroatoms. The van der Waals surface area contributed by atoms with E-state index in [0.29, 0.717) is 0 Å². The number of amides is 1. The molecule has 0 heterocycles. The molecule has 14 heavy (non-hydrogen) atoms. The van der Waals surface area contributed by atoms with Crippen LogP contribution in [0.1, 0.15) is 39.5 Å². The summed E-state index contributed by atoms with van der Waals surface area (Å²) in [7, 11) is 0. The highest BCUT2D eigenvalue weighted by Gasteiger charge is 2.23. The summed E-state index contributed by atoms with van der Waals surface area (Å²) in [6.45, 7) is 3.67. The van der Waals surface area contributed by atoms with Crippen molar-refractivity contribution in [1.82, 2.24) is 5.32 Å². The van der Waals surface area contributed by atoms with Crippen LogP contribution in [0.2, 0.25) is 0 Å². The summed E-state index contributed by atoms with van der Waals surface area (Å²) in [6, 6.07) is 0.179. The standard InChI is InChI=1S/C10H20N2O2/c1-7(2)14-10(13)12-9-6-4-3-5-8(9)11/h7-9H,3-6,11H2,1-2H3,(H,12,13)/t8-,9-/m1/s1. The molecule has 3 N–H and O–H groups in total. The number of nitrogens with one attached hydrogen (secondary N) is 1. The Kier molecular flexibility index (Phi) is 4.20. The van der Waals surface area contributed by atoms with E-state index in [-0.39, 0.29) is 24.3 Å². The minimum absolute atomic E-state index is 0.0742. The molecule has 82 valence electrons.